The van der Waals surface area contributed by atoms with Crippen LogP contribution in [0, 0.1) is 15.3 Å². The standard InChI is InChI=1S/C12H6BrClN4O3/c13-10-8(18(20)21)6-9-12(11(10)14)15-16(17(9)19)7-4-2-1-3-5-7/h1-6H. The molecule has 0 saturated carbocycles. The second kappa shape index (κ2) is 4.97. The molecule has 0 amide bonds. The van der Waals surface area contributed by atoms with Gasteiger partial charge in [-0.15, -0.1) is 4.85 Å². The summed E-state index contributed by atoms with van der Waals surface area (Å²) < 4.78 is 0.0972. The van der Waals surface area contributed by atoms with E-state index < -0.39 is 4.92 Å². The van der Waals surface area contributed by atoms with Crippen molar-refractivity contribution in [2.75, 3.05) is 0 Å². The van der Waals surface area contributed by atoms with Crippen LogP contribution in [0.25, 0.3) is 16.7 Å². The van der Waals surface area contributed by atoms with Crippen LogP contribution < -0.4 is 4.85 Å². The summed E-state index contributed by atoms with van der Waals surface area (Å²) in [5.74, 6) is 0. The Morgan fingerprint density at radius 1 is 1.33 bits per heavy atom. The fraction of sp³-hybridized carbons (Fsp3) is 0. The molecule has 3 aromatic rings. The lowest BCUT2D eigenvalue weighted by Crippen LogP contribution is -2.37. The molecule has 21 heavy (non-hydrogen) atoms. The van der Waals surface area contributed by atoms with Gasteiger partial charge < -0.3 is 5.21 Å². The zero-order valence-electron chi connectivity index (χ0n) is 10.2. The lowest BCUT2D eigenvalue weighted by atomic mass is 10.3. The number of hydrogen-bond donors (Lipinski definition) is 0. The maximum Gasteiger partial charge on any atom is 0.289 e. The maximum atomic E-state index is 12.3. The van der Waals surface area contributed by atoms with Gasteiger partial charge in [-0.1, -0.05) is 29.8 Å². The summed E-state index contributed by atoms with van der Waals surface area (Å²) in [4.78, 5) is 11.9. The van der Waals surface area contributed by atoms with Crippen molar-refractivity contribution >= 4 is 44.3 Å². The predicted molar refractivity (Wildman–Crippen MR) is 79.4 cm³/mol. The minimum atomic E-state index is -0.616. The van der Waals surface area contributed by atoms with Gasteiger partial charge in [0.25, 0.3) is 11.2 Å². The summed E-state index contributed by atoms with van der Waals surface area (Å²) in [6.07, 6.45) is 0. The van der Waals surface area contributed by atoms with Crippen LogP contribution in [0.2, 0.25) is 5.02 Å². The Morgan fingerprint density at radius 2 is 2.00 bits per heavy atom. The van der Waals surface area contributed by atoms with Crippen molar-refractivity contribution in [3.8, 4) is 5.69 Å². The zero-order valence-corrected chi connectivity index (χ0v) is 12.6. The molecule has 0 spiro atoms. The summed E-state index contributed by atoms with van der Waals surface area (Å²) in [5, 5.41) is 27.4. The van der Waals surface area contributed by atoms with Gasteiger partial charge in [0, 0.05) is 0 Å². The van der Waals surface area contributed by atoms with Crippen molar-refractivity contribution in [2.45, 2.75) is 0 Å². The quantitative estimate of drug-likeness (QED) is 0.301. The maximum absolute atomic E-state index is 12.3. The molecule has 0 unspecified atom stereocenters. The van der Waals surface area contributed by atoms with Crippen LogP contribution in [-0.2, 0) is 0 Å². The van der Waals surface area contributed by atoms with Crippen LogP contribution in [0.5, 0.6) is 0 Å². The van der Waals surface area contributed by atoms with Gasteiger partial charge in [-0.3, -0.25) is 10.1 Å². The molecule has 0 aliphatic carbocycles. The molecule has 0 N–H and O–H groups in total. The van der Waals surface area contributed by atoms with Gasteiger partial charge in [-0.05, 0) is 32.9 Å². The van der Waals surface area contributed by atoms with Crippen LogP contribution >= 0.6 is 27.5 Å². The highest BCUT2D eigenvalue weighted by atomic mass is 79.9. The molecule has 106 valence electrons. The Bertz CT molecular complexity index is 866. The normalized spacial score (nSPS) is 11.0. The minimum absolute atomic E-state index is 0.0264. The molecule has 3 rings (SSSR count). The van der Waals surface area contributed by atoms with Crippen molar-refractivity contribution in [3.63, 3.8) is 0 Å². The van der Waals surface area contributed by atoms with E-state index in [-0.39, 0.29) is 26.2 Å². The fourth-order valence-electron chi connectivity index (χ4n) is 1.93. The van der Waals surface area contributed by atoms with Crippen LogP contribution in [0.1, 0.15) is 0 Å². The van der Waals surface area contributed by atoms with E-state index in [1.54, 1.807) is 30.3 Å². The number of rotatable bonds is 2. The molecule has 0 fully saturated rings. The predicted octanol–water partition coefficient (Wildman–Crippen LogP) is 2.98. The van der Waals surface area contributed by atoms with Crippen LogP contribution in [0.15, 0.2) is 40.9 Å². The lowest BCUT2D eigenvalue weighted by molar-refractivity contribution is -0.664. The fourth-order valence-corrected chi connectivity index (χ4v) is 2.60. The number of halogens is 2. The molecule has 0 saturated heterocycles. The average molecular weight is 370 g/mol. The monoisotopic (exact) mass is 368 g/mol. The smallest absolute Gasteiger partial charge is 0.289 e. The highest BCUT2D eigenvalue weighted by Crippen LogP contribution is 2.36. The SMILES string of the molecule is O=[N+]([O-])c1cc2c(nn(-c3ccccc3)[n+]2[O-])c(Cl)c1Br. The third-order valence-electron chi connectivity index (χ3n) is 2.90. The van der Waals surface area contributed by atoms with Crippen molar-refractivity contribution in [3.05, 3.63) is 61.2 Å². The summed E-state index contributed by atoms with van der Waals surface area (Å²) >= 11 is 9.13. The molecule has 2 aromatic carbocycles. The average Bonchev–Trinajstić information content (AvgIpc) is 2.81. The minimum Gasteiger partial charge on any atom is -0.692 e. The van der Waals surface area contributed by atoms with Crippen molar-refractivity contribution in [1.29, 1.82) is 0 Å². The third kappa shape index (κ3) is 2.12. The van der Waals surface area contributed by atoms with E-state index in [1.165, 1.54) is 0 Å². The highest BCUT2D eigenvalue weighted by molar-refractivity contribution is 9.10. The number of hydrogen-bond acceptors (Lipinski definition) is 4. The van der Waals surface area contributed by atoms with Gasteiger partial charge in [-0.2, -0.15) is 0 Å². The number of para-hydroxylation sites is 1. The molecule has 0 aliphatic heterocycles. The van der Waals surface area contributed by atoms with Crippen LogP contribution in [0.4, 0.5) is 5.69 Å². The van der Waals surface area contributed by atoms with Crippen LogP contribution in [-0.4, -0.2) is 14.8 Å². The second-order valence-corrected chi connectivity index (χ2v) is 5.32. The lowest BCUT2D eigenvalue weighted by Gasteiger charge is -2.03. The number of fused-ring (bicyclic) bond motifs is 1. The Labute approximate surface area is 131 Å². The number of nitro groups is 1. The van der Waals surface area contributed by atoms with Crippen molar-refractivity contribution in [1.82, 2.24) is 9.90 Å². The van der Waals surface area contributed by atoms with E-state index in [1.807, 2.05) is 0 Å². The Hall–Kier alpha value is -2.19. The first kappa shape index (κ1) is 13.8. The van der Waals surface area contributed by atoms with E-state index in [0.717, 1.165) is 10.9 Å². The summed E-state index contributed by atoms with van der Waals surface area (Å²) in [7, 11) is 0. The number of aromatic nitrogens is 3. The third-order valence-corrected chi connectivity index (χ3v) is 4.30. The number of benzene rings is 2. The van der Waals surface area contributed by atoms with Gasteiger partial charge in [0.2, 0.25) is 5.52 Å². The zero-order chi connectivity index (χ0) is 15.1. The van der Waals surface area contributed by atoms with E-state index in [4.69, 9.17) is 11.6 Å². The van der Waals surface area contributed by atoms with Crippen molar-refractivity contribution < 1.29 is 9.77 Å². The molecule has 9 heteroatoms. The number of nitro benzene ring substituents is 1. The summed E-state index contributed by atoms with van der Waals surface area (Å²) in [6, 6.07) is 9.83. The largest absolute Gasteiger partial charge is 0.692 e. The van der Waals surface area contributed by atoms with E-state index >= 15 is 0 Å². The summed E-state index contributed by atoms with van der Waals surface area (Å²) in [6.45, 7) is 0. The molecule has 0 bridgehead atoms. The van der Waals surface area contributed by atoms with Gasteiger partial charge in [0.15, 0.2) is 0 Å². The summed E-state index contributed by atoms with van der Waals surface area (Å²) in [5.41, 5.74) is 0.454. The first-order valence-corrected chi connectivity index (χ1v) is 6.88. The topological polar surface area (TPSA) is 87.9 Å². The molecule has 1 aromatic heterocycles. The Kier molecular flexibility index (Phi) is 3.26. The molecule has 7 nitrogen and oxygen atoms in total. The van der Waals surface area contributed by atoms with Gasteiger partial charge in [-0.25, -0.2) is 0 Å². The Morgan fingerprint density at radius 3 is 2.62 bits per heavy atom. The molecule has 0 aliphatic rings. The van der Waals surface area contributed by atoms with Gasteiger partial charge in [0.05, 0.1) is 16.1 Å². The van der Waals surface area contributed by atoms with E-state index in [2.05, 4.69) is 21.0 Å². The first-order valence-electron chi connectivity index (χ1n) is 5.71. The molecular weight excluding hydrogens is 364 g/mol. The number of nitrogens with zero attached hydrogens (tertiary/aromatic N) is 4. The first-order chi connectivity index (χ1) is 10.0. The molecular formula is C12H6BrClN4O3. The second-order valence-electron chi connectivity index (χ2n) is 4.15. The highest BCUT2D eigenvalue weighted by Gasteiger charge is 2.27. The van der Waals surface area contributed by atoms with Gasteiger partial charge >= 0.3 is 0 Å². The molecule has 0 radical (unpaired) electrons. The van der Waals surface area contributed by atoms with Crippen LogP contribution in [0.3, 0.4) is 0 Å². The molecule has 1 heterocycles. The van der Waals surface area contributed by atoms with Gasteiger partial charge in [0.1, 0.15) is 15.2 Å². The Balaban J connectivity index is 2.35. The van der Waals surface area contributed by atoms with E-state index in [9.17, 15) is 15.3 Å². The van der Waals surface area contributed by atoms with E-state index in [0.29, 0.717) is 10.5 Å². The molecule has 0 atom stereocenters. The van der Waals surface area contributed by atoms with Crippen molar-refractivity contribution in [2.24, 2.45) is 0 Å².